The molecule has 31 heavy (non-hydrogen) atoms. The van der Waals surface area contributed by atoms with Crippen molar-refractivity contribution in [1.29, 1.82) is 0 Å². The molecule has 0 aromatic heterocycles. The predicted molar refractivity (Wildman–Crippen MR) is 116 cm³/mol. The fraction of sp³-hybridized carbons (Fsp3) is 0.619. The summed E-state index contributed by atoms with van der Waals surface area (Å²) in [5.41, 5.74) is -0.179. The number of ether oxygens (including phenoxy) is 2. The molecule has 0 unspecified atom stereocenters. The lowest BCUT2D eigenvalue weighted by Gasteiger charge is -2.48. The summed E-state index contributed by atoms with van der Waals surface area (Å²) in [7, 11) is 0. The summed E-state index contributed by atoms with van der Waals surface area (Å²) in [5, 5.41) is 14.1. The highest BCUT2D eigenvalue weighted by Crippen LogP contribution is 2.34. The Morgan fingerprint density at radius 2 is 1.97 bits per heavy atom. The van der Waals surface area contributed by atoms with Crippen LogP contribution in [0, 0.1) is 10.1 Å². The van der Waals surface area contributed by atoms with Gasteiger partial charge < -0.3 is 14.8 Å². The van der Waals surface area contributed by atoms with Crippen LogP contribution < -0.4 is 5.32 Å². The number of morpholine rings is 1. The van der Waals surface area contributed by atoms with Crippen molar-refractivity contribution in [2.24, 2.45) is 0 Å². The number of hydrogen-bond acceptors (Lipinski definition) is 8. The number of nitro groups is 1. The molecule has 0 atom stereocenters. The summed E-state index contributed by atoms with van der Waals surface area (Å²) in [5.74, 6) is -1.13. The molecule has 1 N–H and O–H groups in total. The number of nitro benzene ring substituents is 1. The fourth-order valence-corrected chi connectivity index (χ4v) is 4.89. The minimum atomic E-state index is -0.758. The molecule has 0 radical (unpaired) electrons. The molecule has 1 aromatic rings. The molecule has 3 rings (SSSR count). The van der Waals surface area contributed by atoms with Crippen molar-refractivity contribution in [2.75, 3.05) is 45.7 Å². The number of rotatable bonds is 8. The Kier molecular flexibility index (Phi) is 8.28. The minimum absolute atomic E-state index is 0.0503. The maximum absolute atomic E-state index is 12.4. The molecule has 170 valence electrons. The third kappa shape index (κ3) is 5.96. The number of carbonyl (C=O) groups is 2. The van der Waals surface area contributed by atoms with Gasteiger partial charge in [0.15, 0.2) is 6.61 Å². The van der Waals surface area contributed by atoms with Gasteiger partial charge in [-0.1, -0.05) is 19.3 Å². The van der Waals surface area contributed by atoms with Gasteiger partial charge in [0.1, 0.15) is 0 Å². The molecule has 0 spiro atoms. The van der Waals surface area contributed by atoms with Crippen LogP contribution in [0.25, 0.3) is 0 Å². The molecular weight excluding hydrogens is 422 g/mol. The molecule has 1 amide bonds. The van der Waals surface area contributed by atoms with E-state index in [1.807, 2.05) is 0 Å². The van der Waals surface area contributed by atoms with E-state index in [2.05, 4.69) is 10.2 Å². The third-order valence-corrected chi connectivity index (χ3v) is 6.81. The second kappa shape index (κ2) is 10.9. The summed E-state index contributed by atoms with van der Waals surface area (Å²) < 4.78 is 10.6. The van der Waals surface area contributed by atoms with Gasteiger partial charge in [-0.3, -0.25) is 19.8 Å². The average Bonchev–Trinajstić information content (AvgIpc) is 2.81. The first-order chi connectivity index (χ1) is 14.9. The van der Waals surface area contributed by atoms with Crippen LogP contribution in [-0.2, 0) is 14.3 Å². The Balaban J connectivity index is 1.55. The first-order valence-corrected chi connectivity index (χ1v) is 11.8. The molecule has 1 aromatic carbocycles. The lowest BCUT2D eigenvalue weighted by Crippen LogP contribution is -2.59. The van der Waals surface area contributed by atoms with Crippen LogP contribution in [0.3, 0.4) is 0 Å². The SMILES string of the molecule is CSc1ccc(C(=O)OCC(=O)NCC2(N3CCOCC3)CCCCC2)cc1[N+](=O)[O-]. The number of benzene rings is 1. The second-order valence-corrected chi connectivity index (χ2v) is 8.73. The van der Waals surface area contributed by atoms with E-state index in [1.165, 1.54) is 36.4 Å². The maximum Gasteiger partial charge on any atom is 0.338 e. The summed E-state index contributed by atoms with van der Waals surface area (Å²) in [6.45, 7) is 3.21. The van der Waals surface area contributed by atoms with E-state index in [4.69, 9.17) is 9.47 Å². The zero-order chi connectivity index (χ0) is 22.3. The van der Waals surface area contributed by atoms with E-state index in [9.17, 15) is 19.7 Å². The van der Waals surface area contributed by atoms with Crippen LogP contribution in [0.1, 0.15) is 42.5 Å². The summed E-state index contributed by atoms with van der Waals surface area (Å²) >= 11 is 1.22. The largest absolute Gasteiger partial charge is 0.452 e. The van der Waals surface area contributed by atoms with Gasteiger partial charge in [-0.25, -0.2) is 4.79 Å². The van der Waals surface area contributed by atoms with E-state index in [0.29, 0.717) is 24.7 Å². The Morgan fingerprint density at radius 1 is 1.26 bits per heavy atom. The van der Waals surface area contributed by atoms with Crippen molar-refractivity contribution in [3.63, 3.8) is 0 Å². The monoisotopic (exact) mass is 451 g/mol. The van der Waals surface area contributed by atoms with Gasteiger partial charge in [-0.15, -0.1) is 11.8 Å². The van der Waals surface area contributed by atoms with Crippen LogP contribution >= 0.6 is 11.8 Å². The average molecular weight is 452 g/mol. The van der Waals surface area contributed by atoms with Gasteiger partial charge in [0, 0.05) is 31.2 Å². The summed E-state index contributed by atoms with van der Waals surface area (Å²) in [4.78, 5) is 38.2. The normalized spacial score (nSPS) is 18.9. The first-order valence-electron chi connectivity index (χ1n) is 10.5. The lowest BCUT2D eigenvalue weighted by atomic mass is 9.79. The second-order valence-electron chi connectivity index (χ2n) is 7.88. The molecule has 0 bridgehead atoms. The zero-order valence-electron chi connectivity index (χ0n) is 17.8. The van der Waals surface area contributed by atoms with Crippen LogP contribution in [0.2, 0.25) is 0 Å². The van der Waals surface area contributed by atoms with E-state index >= 15 is 0 Å². The smallest absolute Gasteiger partial charge is 0.338 e. The molecule has 2 fully saturated rings. The van der Waals surface area contributed by atoms with Crippen molar-refractivity contribution < 1.29 is 24.0 Å². The van der Waals surface area contributed by atoms with E-state index < -0.39 is 17.5 Å². The van der Waals surface area contributed by atoms with Crippen LogP contribution in [0.4, 0.5) is 5.69 Å². The number of hydrogen-bond donors (Lipinski definition) is 1. The number of nitrogens with zero attached hydrogens (tertiary/aromatic N) is 2. The summed E-state index contributed by atoms with van der Waals surface area (Å²) in [6.07, 6.45) is 7.25. The van der Waals surface area contributed by atoms with Gasteiger partial charge in [0.2, 0.25) is 0 Å². The van der Waals surface area contributed by atoms with Gasteiger partial charge in [-0.2, -0.15) is 0 Å². The van der Waals surface area contributed by atoms with E-state index in [0.717, 1.165) is 38.8 Å². The summed E-state index contributed by atoms with van der Waals surface area (Å²) in [6, 6.07) is 4.16. The fourth-order valence-electron chi connectivity index (χ4n) is 4.34. The highest BCUT2D eigenvalue weighted by Gasteiger charge is 2.38. The third-order valence-electron chi connectivity index (χ3n) is 6.03. The molecule has 10 heteroatoms. The van der Waals surface area contributed by atoms with Gasteiger partial charge >= 0.3 is 5.97 Å². The zero-order valence-corrected chi connectivity index (χ0v) is 18.6. The lowest BCUT2D eigenvalue weighted by molar-refractivity contribution is -0.387. The number of thioether (sulfide) groups is 1. The molecular formula is C21H29N3O6S. The molecule has 9 nitrogen and oxygen atoms in total. The van der Waals surface area contributed by atoms with Crippen molar-refractivity contribution in [3.05, 3.63) is 33.9 Å². The van der Waals surface area contributed by atoms with Crippen LogP contribution in [0.5, 0.6) is 0 Å². The van der Waals surface area contributed by atoms with E-state index in [1.54, 1.807) is 6.26 Å². The molecule has 1 aliphatic carbocycles. The van der Waals surface area contributed by atoms with Crippen LogP contribution in [-0.4, -0.2) is 72.9 Å². The molecule has 1 saturated carbocycles. The quantitative estimate of drug-likeness (QED) is 0.278. The molecule has 2 aliphatic rings. The standard InChI is InChI=1S/C21H29N3O6S/c1-31-18-6-5-16(13-17(18)24(27)28)20(26)30-14-19(25)22-15-21(7-3-2-4-8-21)23-9-11-29-12-10-23/h5-6,13H,2-4,7-12,14-15H2,1H3,(H,22,25). The van der Waals surface area contributed by atoms with Gasteiger partial charge in [0.05, 0.1) is 28.6 Å². The highest BCUT2D eigenvalue weighted by molar-refractivity contribution is 7.98. The number of nitrogens with one attached hydrogen (secondary N) is 1. The van der Waals surface area contributed by atoms with Crippen molar-refractivity contribution in [3.8, 4) is 0 Å². The van der Waals surface area contributed by atoms with Gasteiger partial charge in [-0.05, 0) is 31.2 Å². The van der Waals surface area contributed by atoms with Crippen LogP contribution in [0.15, 0.2) is 23.1 Å². The first kappa shape index (κ1) is 23.5. The van der Waals surface area contributed by atoms with Crippen molar-refractivity contribution >= 4 is 29.3 Å². The highest BCUT2D eigenvalue weighted by atomic mass is 32.2. The number of amides is 1. The van der Waals surface area contributed by atoms with Crippen molar-refractivity contribution in [2.45, 2.75) is 42.5 Å². The van der Waals surface area contributed by atoms with E-state index in [-0.39, 0.29) is 22.7 Å². The minimum Gasteiger partial charge on any atom is -0.452 e. The van der Waals surface area contributed by atoms with Crippen molar-refractivity contribution in [1.82, 2.24) is 10.2 Å². The van der Waals surface area contributed by atoms with Gasteiger partial charge in [0.25, 0.3) is 11.6 Å². The topological polar surface area (TPSA) is 111 Å². The number of carbonyl (C=O) groups excluding carboxylic acids is 2. The Labute approximate surface area is 186 Å². The molecule has 1 aliphatic heterocycles. The number of esters is 1. The Bertz CT molecular complexity index is 806. The Morgan fingerprint density at radius 3 is 2.61 bits per heavy atom. The maximum atomic E-state index is 12.4. The predicted octanol–water partition coefficient (Wildman–Crippen LogP) is 2.62. The Hall–Kier alpha value is -2.17. The molecule has 1 heterocycles. The molecule has 1 saturated heterocycles.